The monoisotopic (exact) mass is 533 g/mol. The first kappa shape index (κ1) is 28.7. The molecule has 4 aliphatic carbocycles. The average molecular weight is 534 g/mol. The number of hydrogen-bond donors (Lipinski definition) is 3. The smallest absolute Gasteiger partial charge is 0.407 e. The van der Waals surface area contributed by atoms with Crippen molar-refractivity contribution in [3.63, 3.8) is 0 Å². The summed E-state index contributed by atoms with van der Waals surface area (Å²) in [6.07, 6.45) is 9.49. The van der Waals surface area contributed by atoms with Crippen LogP contribution in [0.15, 0.2) is 0 Å². The summed E-state index contributed by atoms with van der Waals surface area (Å²) >= 11 is 0. The fraction of sp³-hybridized carbons (Fsp3) is 0.969. The molecule has 0 aromatic heterocycles. The first-order valence-corrected chi connectivity index (χ1v) is 15.7. The number of rotatable bonds is 5. The Bertz CT molecular complexity index is 872. The van der Waals surface area contributed by atoms with Crippen molar-refractivity contribution in [3.05, 3.63) is 0 Å². The minimum Gasteiger partial charge on any atom is -0.444 e. The van der Waals surface area contributed by atoms with Crippen LogP contribution in [0.3, 0.4) is 0 Å². The molecular formula is C32H55NO5. The van der Waals surface area contributed by atoms with Crippen LogP contribution in [0.4, 0.5) is 4.79 Å². The van der Waals surface area contributed by atoms with Gasteiger partial charge < -0.3 is 25.0 Å². The zero-order valence-corrected chi connectivity index (χ0v) is 25.0. The maximum atomic E-state index is 13.3. The molecule has 13 atom stereocenters. The first-order valence-electron chi connectivity index (χ1n) is 15.7. The summed E-state index contributed by atoms with van der Waals surface area (Å²) in [7, 11) is 0. The van der Waals surface area contributed by atoms with Crippen LogP contribution in [0.1, 0.15) is 106 Å². The third-order valence-corrected chi connectivity index (χ3v) is 12.3. The van der Waals surface area contributed by atoms with Crippen LogP contribution in [0.25, 0.3) is 0 Å². The molecule has 1 heterocycles. The topological polar surface area (TPSA) is 88.0 Å². The zero-order valence-electron chi connectivity index (χ0n) is 25.0. The Kier molecular flexibility index (Phi) is 7.70. The molecule has 4 saturated carbocycles. The van der Waals surface area contributed by atoms with Gasteiger partial charge in [-0.3, -0.25) is 0 Å². The lowest BCUT2D eigenvalue weighted by molar-refractivity contribution is -0.141. The quantitative estimate of drug-likeness (QED) is 0.408. The van der Waals surface area contributed by atoms with Gasteiger partial charge in [0.1, 0.15) is 5.60 Å². The van der Waals surface area contributed by atoms with E-state index in [1.165, 1.54) is 12.8 Å². The number of ether oxygens (including phenoxy) is 2. The number of aliphatic hydroxyl groups is 2. The fourth-order valence-electron chi connectivity index (χ4n) is 10.4. The van der Waals surface area contributed by atoms with Gasteiger partial charge in [-0.2, -0.15) is 0 Å². The fourth-order valence-corrected chi connectivity index (χ4v) is 10.4. The molecule has 5 aliphatic rings. The van der Waals surface area contributed by atoms with Gasteiger partial charge in [0, 0.05) is 12.6 Å². The molecule has 5 fully saturated rings. The van der Waals surface area contributed by atoms with Crippen molar-refractivity contribution < 1.29 is 24.5 Å². The summed E-state index contributed by atoms with van der Waals surface area (Å²) in [5.41, 5.74) is -0.333. The standard InChI is InChI=1S/C32H55NO5/c1-18(17-34)8-11-25-19(2)28-26(37-25)15-24-22-10-9-20-14-21(35)12-13-31(20,6)23(22)16-27(32(24,28)7)33-29(36)38-30(3,4)5/h18-28,34-35H,8-17H2,1-7H3,(H,33,36)/t18-,19-,20+,21+,22-,23+,24+,25-,26+,27+,28+,31+,32-/m1/s1. The van der Waals surface area contributed by atoms with Crippen molar-refractivity contribution in [2.45, 2.75) is 136 Å². The highest BCUT2D eigenvalue weighted by Crippen LogP contribution is 2.70. The molecular weight excluding hydrogens is 478 g/mol. The van der Waals surface area contributed by atoms with Crippen molar-refractivity contribution in [2.75, 3.05) is 6.61 Å². The third kappa shape index (κ3) is 4.83. The molecule has 0 spiro atoms. The van der Waals surface area contributed by atoms with E-state index in [9.17, 15) is 15.0 Å². The lowest BCUT2D eigenvalue weighted by atomic mass is 9.43. The molecule has 1 aliphatic heterocycles. The van der Waals surface area contributed by atoms with Crippen LogP contribution in [0.5, 0.6) is 0 Å². The minimum atomic E-state index is -0.528. The highest BCUT2D eigenvalue weighted by atomic mass is 16.6. The van der Waals surface area contributed by atoms with Gasteiger partial charge in [0.05, 0.1) is 18.3 Å². The molecule has 0 unspecified atom stereocenters. The Morgan fingerprint density at radius 1 is 1.13 bits per heavy atom. The second-order valence-electron chi connectivity index (χ2n) is 15.6. The van der Waals surface area contributed by atoms with E-state index in [4.69, 9.17) is 9.47 Å². The van der Waals surface area contributed by atoms with E-state index in [0.29, 0.717) is 41.4 Å². The molecule has 6 heteroatoms. The maximum Gasteiger partial charge on any atom is 0.407 e. The zero-order chi connectivity index (χ0) is 27.6. The number of alkyl carbamates (subject to hydrolysis) is 1. The third-order valence-electron chi connectivity index (χ3n) is 12.3. The molecule has 1 amide bonds. The van der Waals surface area contributed by atoms with E-state index in [-0.39, 0.29) is 47.9 Å². The lowest BCUT2D eigenvalue weighted by Gasteiger charge is -2.63. The van der Waals surface area contributed by atoms with Crippen LogP contribution in [-0.2, 0) is 9.47 Å². The summed E-state index contributed by atoms with van der Waals surface area (Å²) < 4.78 is 12.7. The van der Waals surface area contributed by atoms with E-state index < -0.39 is 5.60 Å². The number of amides is 1. The van der Waals surface area contributed by atoms with Crippen LogP contribution < -0.4 is 5.32 Å². The highest BCUT2D eigenvalue weighted by molar-refractivity contribution is 5.68. The number of hydrogen-bond acceptors (Lipinski definition) is 5. The van der Waals surface area contributed by atoms with Crippen LogP contribution in [0, 0.1) is 52.3 Å². The summed E-state index contributed by atoms with van der Waals surface area (Å²) in [6, 6.07) is 0.0576. The van der Waals surface area contributed by atoms with E-state index >= 15 is 0 Å². The lowest BCUT2D eigenvalue weighted by Crippen LogP contribution is -2.63. The van der Waals surface area contributed by atoms with E-state index in [1.54, 1.807) is 0 Å². The van der Waals surface area contributed by atoms with E-state index in [1.807, 2.05) is 20.8 Å². The van der Waals surface area contributed by atoms with Gasteiger partial charge in [-0.25, -0.2) is 4.79 Å². The van der Waals surface area contributed by atoms with Gasteiger partial charge in [0.15, 0.2) is 0 Å². The SMILES string of the molecule is C[C@@H](CO)CC[C@H]1O[C@H]2C[C@H]3[C@@H]4CC[C@H]5C[C@@H](O)CC[C@]5(C)[C@H]4C[C@H](NC(=O)OC(C)(C)C)[C@]3(C)[C@H]2[C@@H]1C. The Labute approximate surface area is 231 Å². The van der Waals surface area contributed by atoms with Crippen molar-refractivity contribution in [3.8, 4) is 0 Å². The molecule has 6 nitrogen and oxygen atoms in total. The predicted octanol–water partition coefficient (Wildman–Crippen LogP) is 5.93. The molecule has 1 saturated heterocycles. The highest BCUT2D eigenvalue weighted by Gasteiger charge is 2.69. The van der Waals surface area contributed by atoms with Crippen molar-refractivity contribution >= 4 is 6.09 Å². The van der Waals surface area contributed by atoms with Gasteiger partial charge in [0.25, 0.3) is 0 Å². The number of carbonyl (C=O) groups excluding carboxylic acids is 1. The van der Waals surface area contributed by atoms with Crippen LogP contribution in [-0.4, -0.2) is 52.9 Å². The molecule has 0 bridgehead atoms. The van der Waals surface area contributed by atoms with Crippen molar-refractivity contribution in [2.24, 2.45) is 52.3 Å². The molecule has 0 aromatic carbocycles. The maximum absolute atomic E-state index is 13.3. The normalized spacial score (nSPS) is 48.9. The Balaban J connectivity index is 1.44. The first-order chi connectivity index (χ1) is 17.8. The largest absolute Gasteiger partial charge is 0.444 e. The van der Waals surface area contributed by atoms with Gasteiger partial charge in [-0.15, -0.1) is 0 Å². The van der Waals surface area contributed by atoms with Gasteiger partial charge in [-0.1, -0.05) is 27.7 Å². The van der Waals surface area contributed by atoms with Gasteiger partial charge >= 0.3 is 6.09 Å². The summed E-state index contributed by atoms with van der Waals surface area (Å²) in [5, 5.41) is 23.5. The summed E-state index contributed by atoms with van der Waals surface area (Å²) in [4.78, 5) is 13.3. The van der Waals surface area contributed by atoms with Crippen molar-refractivity contribution in [1.29, 1.82) is 0 Å². The molecule has 3 N–H and O–H groups in total. The summed E-state index contributed by atoms with van der Waals surface area (Å²) in [5.74, 6) is 3.47. The number of fused-ring (bicyclic) bond motifs is 7. The number of carbonyl (C=O) groups is 1. The van der Waals surface area contributed by atoms with E-state index in [2.05, 4.69) is 33.0 Å². The Morgan fingerprint density at radius 2 is 1.87 bits per heavy atom. The van der Waals surface area contributed by atoms with E-state index in [0.717, 1.165) is 44.9 Å². The van der Waals surface area contributed by atoms with Crippen LogP contribution >= 0.6 is 0 Å². The van der Waals surface area contributed by atoms with Gasteiger partial charge in [0.2, 0.25) is 0 Å². The molecule has 218 valence electrons. The predicted molar refractivity (Wildman–Crippen MR) is 148 cm³/mol. The number of aliphatic hydroxyl groups excluding tert-OH is 2. The molecule has 5 rings (SSSR count). The number of nitrogens with one attached hydrogen (secondary N) is 1. The van der Waals surface area contributed by atoms with Crippen LogP contribution in [0.2, 0.25) is 0 Å². The molecule has 0 aromatic rings. The summed E-state index contributed by atoms with van der Waals surface area (Å²) in [6.45, 7) is 15.5. The average Bonchev–Trinajstić information content (AvgIpc) is 3.31. The molecule has 38 heavy (non-hydrogen) atoms. The second-order valence-corrected chi connectivity index (χ2v) is 15.6. The van der Waals surface area contributed by atoms with Crippen molar-refractivity contribution in [1.82, 2.24) is 5.32 Å². The Hall–Kier alpha value is -0.850. The van der Waals surface area contributed by atoms with Gasteiger partial charge in [-0.05, 0) is 131 Å². The Morgan fingerprint density at radius 3 is 2.55 bits per heavy atom. The minimum absolute atomic E-state index is 0.0309. The molecule has 0 radical (unpaired) electrons. The second kappa shape index (κ2) is 10.2.